The predicted octanol–water partition coefficient (Wildman–Crippen LogP) is 3.41. The molecule has 0 N–H and O–H groups in total. The Kier molecular flexibility index (Phi) is 4.99. The van der Waals surface area contributed by atoms with Crippen molar-refractivity contribution in [1.82, 2.24) is 4.31 Å². The highest BCUT2D eigenvalue weighted by Gasteiger charge is 2.38. The molecule has 154 valence electrons. The number of benzene rings is 2. The molecule has 0 spiro atoms. The summed E-state index contributed by atoms with van der Waals surface area (Å²) in [4.78, 5) is 12.9. The molecule has 2 heterocycles. The van der Waals surface area contributed by atoms with E-state index in [0.29, 0.717) is 6.07 Å². The summed E-state index contributed by atoms with van der Waals surface area (Å²) in [5.41, 5.74) is 1.57. The lowest BCUT2D eigenvalue weighted by Gasteiger charge is -2.39. The number of carbonyl (C=O) groups excluding carboxylic acids is 1. The van der Waals surface area contributed by atoms with E-state index in [1.807, 2.05) is 12.1 Å². The minimum Gasteiger partial charge on any atom is -0.444 e. The number of cyclic esters (lactones) is 1. The molecule has 1 amide bonds. The van der Waals surface area contributed by atoms with Gasteiger partial charge < -0.3 is 4.74 Å². The Labute approximate surface area is 165 Å². The highest BCUT2D eigenvalue weighted by Crippen LogP contribution is 2.33. The van der Waals surface area contributed by atoms with E-state index in [4.69, 9.17) is 4.74 Å². The Balaban J connectivity index is 1.54. The third kappa shape index (κ3) is 3.46. The van der Waals surface area contributed by atoms with Crippen LogP contribution in [0.4, 0.5) is 23.7 Å². The van der Waals surface area contributed by atoms with Crippen molar-refractivity contribution in [3.05, 3.63) is 59.4 Å². The lowest BCUT2D eigenvalue weighted by molar-refractivity contribution is 0.136. The molecule has 0 bridgehead atoms. The number of carbonyl (C=O) groups is 1. The van der Waals surface area contributed by atoms with Gasteiger partial charge in [-0.05, 0) is 25.0 Å². The van der Waals surface area contributed by atoms with E-state index in [-0.39, 0.29) is 44.6 Å². The van der Waals surface area contributed by atoms with Gasteiger partial charge in [-0.3, -0.25) is 4.90 Å². The third-order valence-corrected chi connectivity index (χ3v) is 7.09. The largest absolute Gasteiger partial charge is 0.444 e. The Hall–Kier alpha value is -2.59. The molecule has 6 nitrogen and oxygen atoms in total. The first kappa shape index (κ1) is 19.7. The van der Waals surface area contributed by atoms with Gasteiger partial charge in [0, 0.05) is 30.8 Å². The molecule has 0 unspecified atom stereocenters. The predicted molar refractivity (Wildman–Crippen MR) is 97.2 cm³/mol. The quantitative estimate of drug-likeness (QED) is 0.706. The van der Waals surface area contributed by atoms with Crippen molar-refractivity contribution in [3.63, 3.8) is 0 Å². The number of ether oxygens (including phenoxy) is 1. The number of hydrogen-bond donors (Lipinski definition) is 0. The summed E-state index contributed by atoms with van der Waals surface area (Å²) in [7, 11) is -4.34. The van der Waals surface area contributed by atoms with Gasteiger partial charge in [-0.2, -0.15) is 4.31 Å². The van der Waals surface area contributed by atoms with Crippen molar-refractivity contribution in [1.29, 1.82) is 0 Å². The average molecular weight is 426 g/mol. The summed E-state index contributed by atoms with van der Waals surface area (Å²) in [5.74, 6) is -4.24. The molecule has 2 aliphatic heterocycles. The van der Waals surface area contributed by atoms with Crippen molar-refractivity contribution in [2.45, 2.75) is 30.4 Å². The molecule has 0 radical (unpaired) electrons. The first-order valence-electron chi connectivity index (χ1n) is 8.97. The number of halogens is 3. The topological polar surface area (TPSA) is 66.9 Å². The molecule has 2 aliphatic rings. The van der Waals surface area contributed by atoms with Gasteiger partial charge in [0.1, 0.15) is 17.3 Å². The fraction of sp³-hybridized carbons (Fsp3) is 0.316. The minimum atomic E-state index is -4.34. The number of anilines is 1. The molecule has 2 aromatic carbocycles. The van der Waals surface area contributed by atoms with Crippen LogP contribution < -0.4 is 4.90 Å². The lowest BCUT2D eigenvalue weighted by Crippen LogP contribution is -2.50. The fourth-order valence-electron chi connectivity index (χ4n) is 3.70. The van der Waals surface area contributed by atoms with Crippen LogP contribution in [-0.2, 0) is 21.4 Å². The van der Waals surface area contributed by atoms with Crippen molar-refractivity contribution in [2.24, 2.45) is 0 Å². The van der Waals surface area contributed by atoms with Gasteiger partial charge in [0.15, 0.2) is 11.6 Å². The van der Waals surface area contributed by atoms with Crippen LogP contribution >= 0.6 is 0 Å². The normalized spacial score (nSPS) is 18.4. The zero-order chi connectivity index (χ0) is 20.8. The van der Waals surface area contributed by atoms with Crippen LogP contribution in [0.15, 0.2) is 41.3 Å². The second kappa shape index (κ2) is 7.34. The van der Waals surface area contributed by atoms with Crippen LogP contribution in [0.2, 0.25) is 0 Å². The molecule has 0 aromatic heterocycles. The first-order chi connectivity index (χ1) is 13.8. The number of amides is 1. The van der Waals surface area contributed by atoms with Crippen molar-refractivity contribution >= 4 is 21.8 Å². The van der Waals surface area contributed by atoms with E-state index >= 15 is 0 Å². The zero-order valence-electron chi connectivity index (χ0n) is 15.1. The SMILES string of the molecule is O=C1OCc2ccccc2N1C1CCN(S(=O)(=O)c2cc(F)c(F)cc2F)CC1. The molecule has 2 aromatic rings. The van der Waals surface area contributed by atoms with E-state index in [9.17, 15) is 26.4 Å². The summed E-state index contributed by atoms with van der Waals surface area (Å²) in [6.45, 7) is 0.170. The highest BCUT2D eigenvalue weighted by atomic mass is 32.2. The third-order valence-electron chi connectivity index (χ3n) is 5.18. The van der Waals surface area contributed by atoms with Gasteiger partial charge in [-0.25, -0.2) is 26.4 Å². The van der Waals surface area contributed by atoms with Crippen LogP contribution in [0, 0.1) is 17.5 Å². The number of sulfonamides is 1. The summed E-state index contributed by atoms with van der Waals surface area (Å²) in [6.07, 6.45) is 0.0683. The van der Waals surface area contributed by atoms with Crippen molar-refractivity contribution in [3.8, 4) is 0 Å². The molecule has 0 aliphatic carbocycles. The van der Waals surface area contributed by atoms with Crippen LogP contribution in [0.1, 0.15) is 18.4 Å². The number of hydrogen-bond acceptors (Lipinski definition) is 4. The van der Waals surface area contributed by atoms with Gasteiger partial charge in [0.25, 0.3) is 0 Å². The second-order valence-electron chi connectivity index (χ2n) is 6.89. The summed E-state index contributed by atoms with van der Waals surface area (Å²) >= 11 is 0. The molecular formula is C19H17F3N2O4S. The van der Waals surface area contributed by atoms with E-state index in [2.05, 4.69) is 0 Å². The Morgan fingerprint density at radius 1 is 0.966 bits per heavy atom. The molecule has 10 heteroatoms. The number of nitrogens with zero attached hydrogens (tertiary/aromatic N) is 2. The van der Waals surface area contributed by atoms with E-state index in [1.54, 1.807) is 12.1 Å². The Morgan fingerprint density at radius 2 is 1.62 bits per heavy atom. The van der Waals surface area contributed by atoms with Gasteiger partial charge in [0.2, 0.25) is 10.0 Å². The number of piperidine rings is 1. The lowest BCUT2D eigenvalue weighted by atomic mass is 10.0. The molecule has 29 heavy (non-hydrogen) atoms. The summed E-state index contributed by atoms with van der Waals surface area (Å²) in [5, 5.41) is 0. The molecular weight excluding hydrogens is 409 g/mol. The second-order valence-corrected chi connectivity index (χ2v) is 8.79. The molecule has 4 rings (SSSR count). The van der Waals surface area contributed by atoms with Gasteiger partial charge in [-0.1, -0.05) is 18.2 Å². The Bertz CT molecular complexity index is 1070. The van der Waals surface area contributed by atoms with Crippen LogP contribution in [0.3, 0.4) is 0 Å². The molecule has 0 atom stereocenters. The average Bonchev–Trinajstić information content (AvgIpc) is 2.70. The van der Waals surface area contributed by atoms with E-state index < -0.39 is 38.5 Å². The van der Waals surface area contributed by atoms with Gasteiger partial charge >= 0.3 is 6.09 Å². The molecule has 1 saturated heterocycles. The van der Waals surface area contributed by atoms with Crippen LogP contribution in [0.5, 0.6) is 0 Å². The maximum atomic E-state index is 14.0. The number of fused-ring (bicyclic) bond motifs is 1. The molecule has 1 fully saturated rings. The first-order valence-corrected chi connectivity index (χ1v) is 10.4. The van der Waals surface area contributed by atoms with Gasteiger partial charge in [0.05, 0.1) is 5.69 Å². The van der Waals surface area contributed by atoms with Gasteiger partial charge in [-0.15, -0.1) is 0 Å². The maximum Gasteiger partial charge on any atom is 0.414 e. The van der Waals surface area contributed by atoms with Crippen molar-refractivity contribution < 1.29 is 31.1 Å². The fourth-order valence-corrected chi connectivity index (χ4v) is 5.23. The monoisotopic (exact) mass is 426 g/mol. The van der Waals surface area contributed by atoms with Crippen molar-refractivity contribution in [2.75, 3.05) is 18.0 Å². The highest BCUT2D eigenvalue weighted by molar-refractivity contribution is 7.89. The van der Waals surface area contributed by atoms with Crippen LogP contribution in [0.25, 0.3) is 0 Å². The molecule has 0 saturated carbocycles. The van der Waals surface area contributed by atoms with E-state index in [0.717, 1.165) is 15.6 Å². The standard InChI is InChI=1S/C19H17F3N2O4S/c20-14-9-16(22)18(10-15(14)21)29(26,27)23-7-5-13(6-8-23)24-17-4-2-1-3-12(17)11-28-19(24)25/h1-4,9-10,13H,5-8,11H2. The Morgan fingerprint density at radius 3 is 2.34 bits per heavy atom. The summed E-state index contributed by atoms with van der Waals surface area (Å²) < 4.78 is 72.2. The smallest absolute Gasteiger partial charge is 0.414 e. The number of para-hydroxylation sites is 1. The minimum absolute atomic E-state index is 0.00260. The number of rotatable bonds is 3. The zero-order valence-corrected chi connectivity index (χ0v) is 16.0. The van der Waals surface area contributed by atoms with Crippen LogP contribution in [-0.4, -0.2) is 37.9 Å². The van der Waals surface area contributed by atoms with E-state index in [1.165, 1.54) is 4.90 Å². The summed E-state index contributed by atoms with van der Waals surface area (Å²) in [6, 6.07) is 7.55. The maximum absolute atomic E-state index is 14.0.